The molecule has 0 radical (unpaired) electrons. The Labute approximate surface area is 112 Å². The summed E-state index contributed by atoms with van der Waals surface area (Å²) in [4.78, 5) is 0. The molecule has 4 heteroatoms. The van der Waals surface area contributed by atoms with Gasteiger partial charge in [-0.1, -0.05) is 26.2 Å². The Morgan fingerprint density at radius 1 is 1.06 bits per heavy atom. The summed E-state index contributed by atoms with van der Waals surface area (Å²) < 4.78 is 23.1. The summed E-state index contributed by atoms with van der Waals surface area (Å²) >= 11 is 0. The molecule has 0 amide bonds. The molecule has 0 aromatic carbocycles. The van der Waals surface area contributed by atoms with Gasteiger partial charge in [-0.3, -0.25) is 0 Å². The Balaban J connectivity index is 1.69. The molecule has 106 valence electrons. The molecule has 0 bridgehead atoms. The first-order chi connectivity index (χ1) is 8.59. The molecule has 2 aliphatic rings. The molecular formula is C14H27NO2S. The van der Waals surface area contributed by atoms with E-state index < -0.39 is 9.84 Å². The van der Waals surface area contributed by atoms with Crippen molar-refractivity contribution >= 4 is 9.84 Å². The van der Waals surface area contributed by atoms with Crippen LogP contribution in [0, 0.1) is 11.8 Å². The molecule has 1 saturated carbocycles. The van der Waals surface area contributed by atoms with Gasteiger partial charge in [0.2, 0.25) is 0 Å². The van der Waals surface area contributed by atoms with Crippen molar-refractivity contribution < 1.29 is 8.42 Å². The Hall–Kier alpha value is -0.0900. The van der Waals surface area contributed by atoms with Crippen LogP contribution < -0.4 is 5.32 Å². The van der Waals surface area contributed by atoms with Crippen LogP contribution in [-0.2, 0) is 9.84 Å². The van der Waals surface area contributed by atoms with E-state index in [0.29, 0.717) is 11.5 Å². The molecule has 1 heterocycles. The van der Waals surface area contributed by atoms with Gasteiger partial charge in [-0.2, -0.15) is 0 Å². The molecule has 1 unspecified atom stereocenters. The predicted molar refractivity (Wildman–Crippen MR) is 75.4 cm³/mol. The van der Waals surface area contributed by atoms with E-state index in [2.05, 4.69) is 12.2 Å². The highest BCUT2D eigenvalue weighted by Gasteiger charge is 2.26. The van der Waals surface area contributed by atoms with Gasteiger partial charge in [-0.15, -0.1) is 0 Å². The fraction of sp³-hybridized carbons (Fsp3) is 1.00. The predicted octanol–water partition coefficient (Wildman–Crippen LogP) is 2.37. The number of hydrogen-bond donors (Lipinski definition) is 1. The smallest absolute Gasteiger partial charge is 0.151 e. The molecule has 1 aliphatic carbocycles. The first-order valence-corrected chi connectivity index (χ1v) is 9.35. The van der Waals surface area contributed by atoms with Crippen molar-refractivity contribution in [2.24, 2.45) is 11.8 Å². The minimum atomic E-state index is -2.76. The zero-order chi connectivity index (χ0) is 13.0. The molecule has 1 N–H and O–H groups in total. The van der Waals surface area contributed by atoms with E-state index in [-0.39, 0.29) is 6.04 Å². The van der Waals surface area contributed by atoms with Gasteiger partial charge in [0.25, 0.3) is 0 Å². The van der Waals surface area contributed by atoms with Crippen LogP contribution in [0.4, 0.5) is 0 Å². The molecule has 1 aliphatic heterocycles. The van der Waals surface area contributed by atoms with Crippen molar-refractivity contribution in [3.05, 3.63) is 0 Å². The fourth-order valence-corrected chi connectivity index (χ4v) is 5.03. The summed E-state index contributed by atoms with van der Waals surface area (Å²) in [5.41, 5.74) is 0. The average molecular weight is 273 g/mol. The molecule has 2 fully saturated rings. The zero-order valence-corrected chi connectivity index (χ0v) is 12.3. The summed E-state index contributed by atoms with van der Waals surface area (Å²) in [5.74, 6) is 2.47. The number of hydrogen-bond acceptors (Lipinski definition) is 3. The van der Waals surface area contributed by atoms with E-state index in [1.54, 1.807) is 0 Å². The van der Waals surface area contributed by atoms with Crippen LogP contribution in [0.1, 0.15) is 51.9 Å². The third-order valence-electron chi connectivity index (χ3n) is 4.70. The van der Waals surface area contributed by atoms with Gasteiger partial charge in [0.1, 0.15) is 0 Å². The number of rotatable bonds is 4. The van der Waals surface area contributed by atoms with Crippen molar-refractivity contribution in [3.8, 4) is 0 Å². The first-order valence-electron chi connectivity index (χ1n) is 7.53. The minimum Gasteiger partial charge on any atom is -0.313 e. The van der Waals surface area contributed by atoms with Crippen molar-refractivity contribution in [2.45, 2.75) is 57.9 Å². The maximum atomic E-state index is 11.6. The van der Waals surface area contributed by atoms with E-state index in [0.717, 1.165) is 31.2 Å². The number of sulfone groups is 1. The van der Waals surface area contributed by atoms with Gasteiger partial charge in [0, 0.05) is 6.04 Å². The van der Waals surface area contributed by atoms with Crippen LogP contribution in [0.5, 0.6) is 0 Å². The van der Waals surface area contributed by atoms with Crippen LogP contribution in [-0.4, -0.2) is 32.5 Å². The standard InChI is InChI=1S/C14H27NO2S/c1-2-12-5-7-13(8-6-12)10-15-14-4-3-9-18(16,17)11-14/h12-15H,2-11H2,1H3. The Kier molecular flexibility index (Phi) is 5.07. The monoisotopic (exact) mass is 273 g/mol. The van der Waals surface area contributed by atoms with Crippen LogP contribution in [0.25, 0.3) is 0 Å². The van der Waals surface area contributed by atoms with Gasteiger partial charge in [-0.05, 0) is 44.1 Å². The summed E-state index contributed by atoms with van der Waals surface area (Å²) in [6.45, 7) is 3.31. The molecular weight excluding hydrogens is 246 g/mol. The van der Waals surface area contributed by atoms with Crippen LogP contribution >= 0.6 is 0 Å². The molecule has 18 heavy (non-hydrogen) atoms. The van der Waals surface area contributed by atoms with Crippen LogP contribution in [0.3, 0.4) is 0 Å². The van der Waals surface area contributed by atoms with E-state index >= 15 is 0 Å². The fourth-order valence-electron chi connectivity index (χ4n) is 3.36. The summed E-state index contributed by atoms with van der Waals surface area (Å²) in [5, 5.41) is 3.50. The van der Waals surface area contributed by atoms with E-state index in [1.165, 1.54) is 32.1 Å². The third kappa shape index (κ3) is 4.23. The van der Waals surface area contributed by atoms with Gasteiger partial charge in [0.15, 0.2) is 9.84 Å². The maximum absolute atomic E-state index is 11.6. The topological polar surface area (TPSA) is 46.2 Å². The summed E-state index contributed by atoms with van der Waals surface area (Å²) in [6.07, 6.45) is 8.57. The largest absolute Gasteiger partial charge is 0.313 e. The first kappa shape index (κ1) is 14.3. The number of nitrogens with one attached hydrogen (secondary N) is 1. The molecule has 1 saturated heterocycles. The summed E-state index contributed by atoms with van der Waals surface area (Å²) in [6, 6.07) is 0.215. The molecule has 0 aromatic heterocycles. The van der Waals surface area contributed by atoms with E-state index in [9.17, 15) is 8.42 Å². The lowest BCUT2D eigenvalue weighted by atomic mass is 9.81. The molecule has 3 nitrogen and oxygen atoms in total. The SMILES string of the molecule is CCC1CCC(CNC2CCCS(=O)(=O)C2)CC1. The Bertz CT molecular complexity index is 345. The van der Waals surface area contributed by atoms with E-state index in [1.807, 2.05) is 0 Å². The molecule has 0 aromatic rings. The van der Waals surface area contributed by atoms with Crippen molar-refractivity contribution in [2.75, 3.05) is 18.1 Å². The van der Waals surface area contributed by atoms with E-state index in [4.69, 9.17) is 0 Å². The van der Waals surface area contributed by atoms with Gasteiger partial charge >= 0.3 is 0 Å². The highest BCUT2D eigenvalue weighted by molar-refractivity contribution is 7.91. The molecule has 0 spiro atoms. The average Bonchev–Trinajstić information content (AvgIpc) is 2.36. The van der Waals surface area contributed by atoms with Crippen LogP contribution in [0.15, 0.2) is 0 Å². The van der Waals surface area contributed by atoms with Crippen LogP contribution in [0.2, 0.25) is 0 Å². The maximum Gasteiger partial charge on any atom is 0.151 e. The second kappa shape index (κ2) is 6.38. The summed E-state index contributed by atoms with van der Waals surface area (Å²) in [7, 11) is -2.76. The second-order valence-electron chi connectivity index (χ2n) is 6.16. The van der Waals surface area contributed by atoms with Crippen molar-refractivity contribution in [1.82, 2.24) is 5.32 Å². The zero-order valence-electron chi connectivity index (χ0n) is 11.5. The van der Waals surface area contributed by atoms with Gasteiger partial charge in [-0.25, -0.2) is 8.42 Å². The highest BCUT2D eigenvalue weighted by atomic mass is 32.2. The second-order valence-corrected chi connectivity index (χ2v) is 8.39. The quantitative estimate of drug-likeness (QED) is 0.855. The highest BCUT2D eigenvalue weighted by Crippen LogP contribution is 2.30. The Morgan fingerprint density at radius 2 is 1.72 bits per heavy atom. The molecule has 2 rings (SSSR count). The lowest BCUT2D eigenvalue weighted by Crippen LogP contribution is -2.42. The van der Waals surface area contributed by atoms with Gasteiger partial charge in [0.05, 0.1) is 11.5 Å². The third-order valence-corrected chi connectivity index (χ3v) is 6.52. The van der Waals surface area contributed by atoms with Crippen molar-refractivity contribution in [1.29, 1.82) is 0 Å². The van der Waals surface area contributed by atoms with Gasteiger partial charge < -0.3 is 5.32 Å². The molecule has 1 atom stereocenters. The van der Waals surface area contributed by atoms with Crippen molar-refractivity contribution in [3.63, 3.8) is 0 Å². The lowest BCUT2D eigenvalue weighted by Gasteiger charge is -2.30. The Morgan fingerprint density at radius 3 is 2.33 bits per heavy atom. The minimum absolute atomic E-state index is 0.215. The normalized spacial score (nSPS) is 36.4. The lowest BCUT2D eigenvalue weighted by molar-refractivity contribution is 0.256.